The second-order valence-corrected chi connectivity index (χ2v) is 11.3. The van der Waals surface area contributed by atoms with Crippen molar-refractivity contribution in [2.24, 2.45) is 5.92 Å². The highest BCUT2D eigenvalue weighted by Gasteiger charge is 2.58. The first-order valence-electron chi connectivity index (χ1n) is 8.13. The van der Waals surface area contributed by atoms with E-state index in [-0.39, 0.29) is 11.8 Å². The molecular formula is C19H30O2S. The van der Waals surface area contributed by atoms with E-state index in [1.54, 1.807) is 0 Å². The maximum absolute atomic E-state index is 13.4. The Balaban J connectivity index is 3.07. The van der Waals surface area contributed by atoms with Gasteiger partial charge in [-0.05, 0) is 82.2 Å². The fraction of sp³-hybridized carbons (Fsp3) is 0.684. The first kappa shape index (κ1) is 17.5. The van der Waals surface area contributed by atoms with Gasteiger partial charge in [-0.3, -0.25) is 0 Å². The average Bonchev–Trinajstić information content (AvgIpc) is 2.33. The molecule has 0 aromatic heterocycles. The molecule has 0 saturated heterocycles. The summed E-state index contributed by atoms with van der Waals surface area (Å²) in [6, 6.07) is 2.22. The Morgan fingerprint density at radius 2 is 1.50 bits per heavy atom. The first-order valence-corrected chi connectivity index (χ1v) is 9.62. The monoisotopic (exact) mass is 322 g/mol. The van der Waals surface area contributed by atoms with E-state index in [9.17, 15) is 8.42 Å². The molecule has 1 aliphatic rings. The fourth-order valence-corrected chi connectivity index (χ4v) is 7.30. The van der Waals surface area contributed by atoms with Crippen molar-refractivity contribution in [3.05, 3.63) is 33.9 Å². The zero-order chi connectivity index (χ0) is 17.2. The molecule has 0 fully saturated rings. The van der Waals surface area contributed by atoms with Crippen LogP contribution in [0.3, 0.4) is 0 Å². The number of hydrogen-bond acceptors (Lipinski definition) is 2. The third-order valence-corrected chi connectivity index (χ3v) is 8.97. The molecule has 1 unspecified atom stereocenters. The number of rotatable bonds is 1. The summed E-state index contributed by atoms with van der Waals surface area (Å²) in [4.78, 5) is 0. The predicted molar refractivity (Wildman–Crippen MR) is 94.3 cm³/mol. The zero-order valence-electron chi connectivity index (χ0n) is 15.5. The van der Waals surface area contributed by atoms with Crippen LogP contribution in [-0.4, -0.2) is 13.2 Å². The number of hydrogen-bond donors (Lipinski definition) is 0. The van der Waals surface area contributed by atoms with Gasteiger partial charge in [-0.25, -0.2) is 8.42 Å². The third-order valence-electron chi connectivity index (χ3n) is 5.79. The minimum absolute atomic E-state index is 0.0276. The smallest absolute Gasteiger partial charge is 0.165 e. The van der Waals surface area contributed by atoms with E-state index in [0.717, 1.165) is 11.1 Å². The number of benzene rings is 1. The molecule has 0 aliphatic carbocycles. The Labute approximate surface area is 136 Å². The van der Waals surface area contributed by atoms with E-state index in [4.69, 9.17) is 0 Å². The highest BCUT2D eigenvalue weighted by molar-refractivity contribution is 7.93. The van der Waals surface area contributed by atoms with E-state index in [1.807, 2.05) is 27.7 Å². The Kier molecular flexibility index (Phi) is 3.85. The van der Waals surface area contributed by atoms with Crippen molar-refractivity contribution in [3.8, 4) is 0 Å². The Morgan fingerprint density at radius 1 is 1.00 bits per heavy atom. The summed E-state index contributed by atoms with van der Waals surface area (Å²) in [5.41, 5.74) is 5.86. The van der Waals surface area contributed by atoms with Crippen LogP contribution in [0.25, 0.3) is 0 Å². The van der Waals surface area contributed by atoms with E-state index in [0.29, 0.717) is 0 Å². The second-order valence-electron chi connectivity index (χ2n) is 8.26. The molecule has 2 nitrogen and oxygen atoms in total. The van der Waals surface area contributed by atoms with Gasteiger partial charge < -0.3 is 0 Å². The van der Waals surface area contributed by atoms with Gasteiger partial charge in [-0.2, -0.15) is 0 Å². The molecule has 124 valence electrons. The Bertz CT molecular complexity index is 722. The predicted octanol–water partition coefficient (Wildman–Crippen LogP) is 4.79. The minimum atomic E-state index is -3.30. The molecule has 2 rings (SSSR count). The molecule has 0 amide bonds. The molecule has 3 heteroatoms. The molecule has 0 bridgehead atoms. The summed E-state index contributed by atoms with van der Waals surface area (Å²) in [6.07, 6.45) is 0. The lowest BCUT2D eigenvalue weighted by atomic mass is 9.71. The van der Waals surface area contributed by atoms with Crippen molar-refractivity contribution in [3.63, 3.8) is 0 Å². The SMILES string of the molecule is Cc1cc(C)c2c(c1C)C(C)(C)S(=O)(=O)C(C)(C)C2C(C)C. The van der Waals surface area contributed by atoms with Gasteiger partial charge in [0.15, 0.2) is 9.84 Å². The van der Waals surface area contributed by atoms with E-state index < -0.39 is 19.3 Å². The molecule has 0 N–H and O–H groups in total. The topological polar surface area (TPSA) is 34.1 Å². The molecule has 22 heavy (non-hydrogen) atoms. The first-order chi connectivity index (χ1) is 9.78. The van der Waals surface area contributed by atoms with Crippen LogP contribution in [0, 0.1) is 26.7 Å². The molecule has 0 radical (unpaired) electrons. The number of aryl methyl sites for hydroxylation is 2. The van der Waals surface area contributed by atoms with Gasteiger partial charge in [-0.1, -0.05) is 19.9 Å². The summed E-state index contributed by atoms with van der Waals surface area (Å²) in [5.74, 6) is 0.306. The maximum Gasteiger partial charge on any atom is 0.165 e. The van der Waals surface area contributed by atoms with Crippen LogP contribution in [0.5, 0.6) is 0 Å². The summed E-state index contributed by atoms with van der Waals surface area (Å²) in [5, 5.41) is 0. The lowest BCUT2D eigenvalue weighted by Gasteiger charge is -2.50. The van der Waals surface area contributed by atoms with Gasteiger partial charge in [-0.15, -0.1) is 0 Å². The second kappa shape index (κ2) is 4.83. The van der Waals surface area contributed by atoms with Gasteiger partial charge in [0.05, 0.1) is 9.49 Å². The van der Waals surface area contributed by atoms with Gasteiger partial charge in [0.2, 0.25) is 0 Å². The van der Waals surface area contributed by atoms with E-state index in [2.05, 4.69) is 40.7 Å². The van der Waals surface area contributed by atoms with Crippen molar-refractivity contribution in [1.29, 1.82) is 0 Å². The fourth-order valence-electron chi connectivity index (χ4n) is 4.73. The van der Waals surface area contributed by atoms with Crippen LogP contribution in [0.1, 0.15) is 75.3 Å². The van der Waals surface area contributed by atoms with Gasteiger partial charge in [0.1, 0.15) is 0 Å². The quantitative estimate of drug-likeness (QED) is 0.744. The average molecular weight is 323 g/mol. The van der Waals surface area contributed by atoms with Crippen LogP contribution in [0.2, 0.25) is 0 Å². The molecule has 1 atom stereocenters. The van der Waals surface area contributed by atoms with Crippen LogP contribution >= 0.6 is 0 Å². The minimum Gasteiger partial charge on any atom is -0.227 e. The van der Waals surface area contributed by atoms with Gasteiger partial charge in [0, 0.05) is 5.92 Å². The van der Waals surface area contributed by atoms with Crippen molar-refractivity contribution in [2.45, 2.75) is 77.7 Å². The van der Waals surface area contributed by atoms with Crippen molar-refractivity contribution >= 4 is 9.84 Å². The summed E-state index contributed by atoms with van der Waals surface area (Å²) in [6.45, 7) is 18.1. The Morgan fingerprint density at radius 3 is 1.95 bits per heavy atom. The number of fused-ring (bicyclic) bond motifs is 1. The highest BCUT2D eigenvalue weighted by Crippen LogP contribution is 2.56. The third kappa shape index (κ3) is 1.94. The molecule has 0 saturated carbocycles. The number of sulfone groups is 1. The van der Waals surface area contributed by atoms with E-state index in [1.165, 1.54) is 16.7 Å². The lowest BCUT2D eigenvalue weighted by molar-refractivity contribution is 0.366. The van der Waals surface area contributed by atoms with Crippen molar-refractivity contribution in [2.75, 3.05) is 0 Å². The zero-order valence-corrected chi connectivity index (χ0v) is 16.3. The summed E-state index contributed by atoms with van der Waals surface area (Å²) in [7, 11) is -3.30. The van der Waals surface area contributed by atoms with Crippen molar-refractivity contribution in [1.82, 2.24) is 0 Å². The molecule has 1 aliphatic heterocycles. The normalized spacial score (nSPS) is 25.1. The molecule has 1 aromatic rings. The largest absolute Gasteiger partial charge is 0.227 e. The van der Waals surface area contributed by atoms with Crippen LogP contribution in [-0.2, 0) is 14.6 Å². The highest BCUT2D eigenvalue weighted by atomic mass is 32.2. The molecule has 1 aromatic carbocycles. The van der Waals surface area contributed by atoms with E-state index >= 15 is 0 Å². The summed E-state index contributed by atoms with van der Waals surface area (Å²) >= 11 is 0. The van der Waals surface area contributed by atoms with Gasteiger partial charge >= 0.3 is 0 Å². The molecular weight excluding hydrogens is 292 g/mol. The standard InChI is InChI=1S/C19H30O2S/c1-11(2)16-15-13(4)10-12(3)14(5)17(15)19(8,9)22(20,21)18(16,6)7/h10-11,16H,1-9H3. The summed E-state index contributed by atoms with van der Waals surface area (Å²) < 4.78 is 25.2. The Hall–Kier alpha value is -0.830. The van der Waals surface area contributed by atoms with Crippen LogP contribution in [0.15, 0.2) is 6.07 Å². The van der Waals surface area contributed by atoms with Gasteiger partial charge in [0.25, 0.3) is 0 Å². The van der Waals surface area contributed by atoms with Crippen molar-refractivity contribution < 1.29 is 8.42 Å². The van der Waals surface area contributed by atoms with Crippen LogP contribution < -0.4 is 0 Å². The lowest BCUT2D eigenvalue weighted by Crippen LogP contribution is -2.54. The van der Waals surface area contributed by atoms with Crippen LogP contribution in [0.4, 0.5) is 0 Å². The maximum atomic E-state index is 13.4. The molecule has 1 heterocycles. The molecule has 0 spiro atoms.